The van der Waals surface area contributed by atoms with Crippen LogP contribution in [0.1, 0.15) is 11.1 Å². The smallest absolute Gasteiger partial charge is 0.150 e. The lowest BCUT2D eigenvalue weighted by Crippen LogP contribution is -1.93. The van der Waals surface area contributed by atoms with Gasteiger partial charge in [0, 0.05) is 4.47 Å². The molecule has 18 heavy (non-hydrogen) atoms. The van der Waals surface area contributed by atoms with E-state index in [1.165, 1.54) is 0 Å². The average molecular weight is 303 g/mol. The van der Waals surface area contributed by atoms with E-state index in [1.54, 1.807) is 24.3 Å². The van der Waals surface area contributed by atoms with Gasteiger partial charge in [0.25, 0.3) is 0 Å². The van der Waals surface area contributed by atoms with Gasteiger partial charge in [0.2, 0.25) is 0 Å². The molecule has 0 saturated carbocycles. The molecule has 0 aliphatic carbocycles. The van der Waals surface area contributed by atoms with E-state index >= 15 is 0 Å². The van der Waals surface area contributed by atoms with Gasteiger partial charge in [-0.1, -0.05) is 15.9 Å². The fraction of sp³-hybridized carbons (Fsp3) is 0.0714. The maximum Gasteiger partial charge on any atom is 0.150 e. The number of halogens is 1. The zero-order valence-corrected chi connectivity index (χ0v) is 11.4. The van der Waals surface area contributed by atoms with Gasteiger partial charge in [-0.3, -0.25) is 0 Å². The van der Waals surface area contributed by atoms with Crippen LogP contribution in [0.3, 0.4) is 0 Å². The Morgan fingerprint density at radius 1 is 1.22 bits per heavy atom. The molecule has 4 heteroatoms. The molecular weight excluding hydrogens is 292 g/mol. The van der Waals surface area contributed by atoms with Crippen molar-refractivity contribution in [3.63, 3.8) is 0 Å². The van der Waals surface area contributed by atoms with Crippen molar-refractivity contribution in [2.24, 2.45) is 0 Å². The van der Waals surface area contributed by atoms with Crippen molar-refractivity contribution in [3.05, 3.63) is 52.0 Å². The molecule has 0 spiro atoms. The minimum atomic E-state index is 0.561. The summed E-state index contributed by atoms with van der Waals surface area (Å²) in [5.74, 6) is 1.27. The number of aryl methyl sites for hydroxylation is 1. The molecule has 0 radical (unpaired) electrons. The van der Waals surface area contributed by atoms with Crippen molar-refractivity contribution in [1.82, 2.24) is 0 Å². The molecule has 0 aliphatic rings. The van der Waals surface area contributed by atoms with Crippen LogP contribution in [0.5, 0.6) is 11.5 Å². The number of benzene rings is 2. The Hall–Kier alpha value is -1.99. The molecule has 0 aliphatic heterocycles. The fourth-order valence-electron chi connectivity index (χ4n) is 1.56. The Balaban J connectivity index is 2.29. The maximum absolute atomic E-state index is 8.86. The monoisotopic (exact) mass is 302 g/mol. The second kappa shape index (κ2) is 5.11. The van der Waals surface area contributed by atoms with E-state index in [-0.39, 0.29) is 0 Å². The van der Waals surface area contributed by atoms with Crippen molar-refractivity contribution in [1.29, 1.82) is 5.26 Å². The molecular formula is C14H11BrN2O. The molecule has 2 aromatic rings. The molecule has 2 N–H and O–H groups in total. The average Bonchev–Trinajstić information content (AvgIpc) is 2.33. The van der Waals surface area contributed by atoms with E-state index in [1.807, 2.05) is 19.1 Å². The molecule has 0 aromatic heterocycles. The van der Waals surface area contributed by atoms with Gasteiger partial charge in [0.15, 0.2) is 0 Å². The third kappa shape index (κ3) is 2.63. The molecule has 0 heterocycles. The summed E-state index contributed by atoms with van der Waals surface area (Å²) in [4.78, 5) is 0. The Kier molecular flexibility index (Phi) is 3.54. The Morgan fingerprint density at radius 3 is 2.61 bits per heavy atom. The van der Waals surface area contributed by atoms with Gasteiger partial charge in [-0.25, -0.2) is 0 Å². The standard InChI is InChI=1S/C14H11BrN2O/c1-9-6-12(4-2-10(9)8-16)18-14-5-3-11(15)7-13(14)17/h2-7H,17H2,1H3. The molecule has 90 valence electrons. The summed E-state index contributed by atoms with van der Waals surface area (Å²) < 4.78 is 6.60. The highest BCUT2D eigenvalue weighted by atomic mass is 79.9. The molecule has 0 fully saturated rings. The third-order valence-electron chi connectivity index (χ3n) is 2.52. The minimum absolute atomic E-state index is 0.561. The summed E-state index contributed by atoms with van der Waals surface area (Å²) in [6.45, 7) is 1.87. The zero-order valence-electron chi connectivity index (χ0n) is 9.77. The highest BCUT2D eigenvalue weighted by Crippen LogP contribution is 2.30. The number of nitrogens with zero attached hydrogens (tertiary/aromatic N) is 1. The van der Waals surface area contributed by atoms with Crippen LogP contribution in [0.4, 0.5) is 5.69 Å². The van der Waals surface area contributed by atoms with Crippen LogP contribution in [0.25, 0.3) is 0 Å². The Morgan fingerprint density at radius 2 is 2.00 bits per heavy atom. The number of hydrogen-bond donors (Lipinski definition) is 1. The minimum Gasteiger partial charge on any atom is -0.455 e. The number of nitriles is 1. The van der Waals surface area contributed by atoms with E-state index in [9.17, 15) is 0 Å². The lowest BCUT2D eigenvalue weighted by molar-refractivity contribution is 0.484. The van der Waals surface area contributed by atoms with Crippen LogP contribution >= 0.6 is 15.9 Å². The summed E-state index contributed by atoms with van der Waals surface area (Å²) in [5, 5.41) is 8.86. The van der Waals surface area contributed by atoms with Crippen LogP contribution in [0.2, 0.25) is 0 Å². The predicted molar refractivity (Wildman–Crippen MR) is 74.5 cm³/mol. The van der Waals surface area contributed by atoms with Crippen molar-refractivity contribution in [2.45, 2.75) is 6.92 Å². The molecule has 0 amide bonds. The van der Waals surface area contributed by atoms with Crippen LogP contribution in [-0.4, -0.2) is 0 Å². The largest absolute Gasteiger partial charge is 0.455 e. The first-order valence-electron chi connectivity index (χ1n) is 5.34. The van der Waals surface area contributed by atoms with Gasteiger partial charge in [0.1, 0.15) is 11.5 Å². The first-order chi connectivity index (χ1) is 8.60. The SMILES string of the molecule is Cc1cc(Oc2ccc(Br)cc2N)ccc1C#N. The Labute approximate surface area is 114 Å². The van der Waals surface area contributed by atoms with Crippen LogP contribution in [0.15, 0.2) is 40.9 Å². The zero-order chi connectivity index (χ0) is 13.1. The number of anilines is 1. The van der Waals surface area contributed by atoms with Crippen LogP contribution < -0.4 is 10.5 Å². The number of hydrogen-bond acceptors (Lipinski definition) is 3. The van der Waals surface area contributed by atoms with Crippen molar-refractivity contribution in [3.8, 4) is 17.6 Å². The van der Waals surface area contributed by atoms with Gasteiger partial charge >= 0.3 is 0 Å². The second-order valence-electron chi connectivity index (χ2n) is 3.87. The molecule has 2 rings (SSSR count). The van der Waals surface area contributed by atoms with E-state index in [0.29, 0.717) is 22.7 Å². The normalized spacial score (nSPS) is 9.83. The molecule has 0 atom stereocenters. The number of ether oxygens (including phenoxy) is 1. The van der Waals surface area contributed by atoms with Crippen molar-refractivity contribution in [2.75, 3.05) is 5.73 Å². The van der Waals surface area contributed by atoms with Crippen LogP contribution in [0, 0.1) is 18.3 Å². The highest BCUT2D eigenvalue weighted by Gasteiger charge is 2.04. The van der Waals surface area contributed by atoms with Crippen LogP contribution in [-0.2, 0) is 0 Å². The van der Waals surface area contributed by atoms with Gasteiger partial charge in [-0.2, -0.15) is 5.26 Å². The molecule has 2 aromatic carbocycles. The van der Waals surface area contributed by atoms with Gasteiger partial charge in [0.05, 0.1) is 17.3 Å². The summed E-state index contributed by atoms with van der Waals surface area (Å²) in [7, 11) is 0. The maximum atomic E-state index is 8.86. The third-order valence-corrected chi connectivity index (χ3v) is 3.01. The summed E-state index contributed by atoms with van der Waals surface area (Å²) in [6, 6.07) is 12.9. The molecule has 3 nitrogen and oxygen atoms in total. The predicted octanol–water partition coefficient (Wildman–Crippen LogP) is 4.00. The fourth-order valence-corrected chi connectivity index (χ4v) is 1.94. The number of nitrogen functional groups attached to an aromatic ring is 1. The van der Waals surface area contributed by atoms with Gasteiger partial charge in [-0.05, 0) is 48.9 Å². The second-order valence-corrected chi connectivity index (χ2v) is 4.79. The topological polar surface area (TPSA) is 59.0 Å². The van der Waals surface area contributed by atoms with Crippen molar-refractivity contribution < 1.29 is 4.74 Å². The molecule has 0 unspecified atom stereocenters. The quantitative estimate of drug-likeness (QED) is 0.853. The lowest BCUT2D eigenvalue weighted by Gasteiger charge is -2.09. The number of nitrogens with two attached hydrogens (primary N) is 1. The highest BCUT2D eigenvalue weighted by molar-refractivity contribution is 9.10. The van der Waals surface area contributed by atoms with Gasteiger partial charge < -0.3 is 10.5 Å². The van der Waals surface area contributed by atoms with Crippen molar-refractivity contribution >= 4 is 21.6 Å². The summed E-state index contributed by atoms with van der Waals surface area (Å²) >= 11 is 3.34. The van der Waals surface area contributed by atoms with E-state index in [0.717, 1.165) is 10.0 Å². The first-order valence-corrected chi connectivity index (χ1v) is 6.13. The van der Waals surface area contributed by atoms with E-state index < -0.39 is 0 Å². The summed E-state index contributed by atoms with van der Waals surface area (Å²) in [6.07, 6.45) is 0. The van der Waals surface area contributed by atoms with Gasteiger partial charge in [-0.15, -0.1) is 0 Å². The lowest BCUT2D eigenvalue weighted by atomic mass is 10.1. The molecule has 0 saturated heterocycles. The Bertz CT molecular complexity index is 632. The van der Waals surface area contributed by atoms with E-state index in [2.05, 4.69) is 22.0 Å². The molecule has 0 bridgehead atoms. The summed E-state index contributed by atoms with van der Waals surface area (Å²) in [5.41, 5.74) is 7.94. The first kappa shape index (κ1) is 12.5. The number of rotatable bonds is 2. The van der Waals surface area contributed by atoms with E-state index in [4.69, 9.17) is 15.7 Å².